The Morgan fingerprint density at radius 2 is 2.27 bits per heavy atom. The number of pyridine rings is 1. The van der Waals surface area contributed by atoms with Gasteiger partial charge in [0.2, 0.25) is 0 Å². The normalized spacial score (nSPS) is 18.6. The molecule has 5 rings (SSSR count). The number of H-pyrrole nitrogens is 1. The minimum atomic E-state index is -0.316. The van der Waals surface area contributed by atoms with E-state index in [4.69, 9.17) is 0 Å². The second-order valence-corrected chi connectivity index (χ2v) is 8.04. The minimum Gasteiger partial charge on any atom is -0.393 e. The highest BCUT2D eigenvalue weighted by Crippen LogP contribution is 2.33. The van der Waals surface area contributed by atoms with Gasteiger partial charge in [-0.1, -0.05) is 6.07 Å². The van der Waals surface area contributed by atoms with E-state index in [1.165, 1.54) is 11.3 Å². The molecule has 0 bridgehead atoms. The molecule has 1 fully saturated rings. The maximum absolute atomic E-state index is 12.9. The van der Waals surface area contributed by atoms with E-state index in [-0.39, 0.29) is 18.1 Å². The lowest BCUT2D eigenvalue weighted by molar-refractivity contribution is 0.102. The van der Waals surface area contributed by atoms with Crippen LogP contribution in [-0.4, -0.2) is 47.1 Å². The van der Waals surface area contributed by atoms with Crippen molar-refractivity contribution in [2.24, 2.45) is 0 Å². The van der Waals surface area contributed by atoms with E-state index in [9.17, 15) is 9.90 Å². The molecule has 152 valence electrons. The first-order valence-corrected chi connectivity index (χ1v) is 10.5. The molecular formula is C20H19N7O2S. The molecule has 1 aliphatic rings. The number of aromatic nitrogens is 6. The SMILES string of the molecule is O=C(Nc1cn([C@H]2CC[C@@H](O)C2)nc1-c1ccccn1)c1csc(-c2cn[nH]c2)n1. The van der Waals surface area contributed by atoms with Crippen molar-refractivity contribution in [3.63, 3.8) is 0 Å². The summed E-state index contributed by atoms with van der Waals surface area (Å²) < 4.78 is 1.83. The predicted molar refractivity (Wildman–Crippen MR) is 112 cm³/mol. The van der Waals surface area contributed by atoms with Crippen molar-refractivity contribution in [2.45, 2.75) is 31.4 Å². The topological polar surface area (TPSA) is 122 Å². The zero-order valence-corrected chi connectivity index (χ0v) is 16.7. The Bertz CT molecular complexity index is 1150. The summed E-state index contributed by atoms with van der Waals surface area (Å²) in [7, 11) is 0. The number of amides is 1. The standard InChI is InChI=1S/C20H19N7O2S/c28-14-5-4-13(7-14)27-10-16(18(26-27)15-3-1-2-6-21-15)24-19(29)17-11-30-20(25-17)12-8-22-23-9-12/h1-3,6,8-11,13-14,28H,4-5,7H2,(H,22,23)(H,24,29)/t13-,14+/m0/s1. The number of hydrogen-bond donors (Lipinski definition) is 3. The third kappa shape index (κ3) is 3.62. The van der Waals surface area contributed by atoms with Gasteiger partial charge in [0.25, 0.3) is 5.91 Å². The molecule has 0 aliphatic heterocycles. The van der Waals surface area contributed by atoms with Crippen molar-refractivity contribution in [1.29, 1.82) is 0 Å². The fourth-order valence-electron chi connectivity index (χ4n) is 3.60. The minimum absolute atomic E-state index is 0.0973. The summed E-state index contributed by atoms with van der Waals surface area (Å²) in [4.78, 5) is 21.7. The van der Waals surface area contributed by atoms with Gasteiger partial charge in [0.05, 0.1) is 29.7 Å². The molecule has 4 heterocycles. The molecule has 10 heteroatoms. The Balaban J connectivity index is 1.44. The van der Waals surface area contributed by atoms with Gasteiger partial charge in [0.15, 0.2) is 0 Å². The second kappa shape index (κ2) is 7.81. The van der Waals surface area contributed by atoms with Gasteiger partial charge in [-0.2, -0.15) is 10.2 Å². The summed E-state index contributed by atoms with van der Waals surface area (Å²) in [5.74, 6) is -0.316. The van der Waals surface area contributed by atoms with Crippen LogP contribution in [0.15, 0.2) is 48.4 Å². The summed E-state index contributed by atoms with van der Waals surface area (Å²) >= 11 is 1.38. The number of aliphatic hydroxyl groups excluding tert-OH is 1. The van der Waals surface area contributed by atoms with Gasteiger partial charge in [-0.25, -0.2) is 4.98 Å². The molecule has 2 atom stereocenters. The largest absolute Gasteiger partial charge is 0.393 e. The fourth-order valence-corrected chi connectivity index (χ4v) is 4.38. The quantitative estimate of drug-likeness (QED) is 0.455. The number of nitrogens with zero attached hydrogens (tertiary/aromatic N) is 5. The molecular weight excluding hydrogens is 402 g/mol. The first-order chi connectivity index (χ1) is 14.7. The van der Waals surface area contributed by atoms with Gasteiger partial charge >= 0.3 is 0 Å². The number of thiazole rings is 1. The number of carbonyl (C=O) groups excluding carboxylic acids is 1. The number of aliphatic hydroxyl groups is 1. The summed E-state index contributed by atoms with van der Waals surface area (Å²) in [5, 5.41) is 26.6. The summed E-state index contributed by atoms with van der Waals surface area (Å²) in [6, 6.07) is 5.66. The van der Waals surface area contributed by atoms with E-state index in [1.807, 2.05) is 29.1 Å². The Morgan fingerprint density at radius 1 is 1.33 bits per heavy atom. The Hall–Kier alpha value is -3.37. The lowest BCUT2D eigenvalue weighted by Crippen LogP contribution is -2.12. The van der Waals surface area contributed by atoms with Crippen LogP contribution in [0.2, 0.25) is 0 Å². The van der Waals surface area contributed by atoms with Gasteiger partial charge in [-0.3, -0.25) is 19.6 Å². The summed E-state index contributed by atoms with van der Waals surface area (Å²) in [6.45, 7) is 0. The first-order valence-electron chi connectivity index (χ1n) is 9.62. The third-order valence-electron chi connectivity index (χ3n) is 5.12. The van der Waals surface area contributed by atoms with Crippen molar-refractivity contribution in [2.75, 3.05) is 5.32 Å². The van der Waals surface area contributed by atoms with Crippen LogP contribution in [0.4, 0.5) is 5.69 Å². The molecule has 1 saturated carbocycles. The van der Waals surface area contributed by atoms with E-state index in [1.54, 1.807) is 24.0 Å². The molecule has 0 radical (unpaired) electrons. The van der Waals surface area contributed by atoms with E-state index < -0.39 is 0 Å². The zero-order valence-electron chi connectivity index (χ0n) is 15.9. The van der Waals surface area contributed by atoms with Gasteiger partial charge in [0, 0.05) is 29.5 Å². The van der Waals surface area contributed by atoms with Gasteiger partial charge in [-0.05, 0) is 31.4 Å². The lowest BCUT2D eigenvalue weighted by Gasteiger charge is -2.09. The Labute approximate surface area is 175 Å². The van der Waals surface area contributed by atoms with Gasteiger partial charge in [-0.15, -0.1) is 11.3 Å². The van der Waals surface area contributed by atoms with Gasteiger partial charge in [0.1, 0.15) is 16.4 Å². The Morgan fingerprint density at radius 3 is 3.00 bits per heavy atom. The summed E-state index contributed by atoms with van der Waals surface area (Å²) in [5.41, 5.74) is 2.99. The molecule has 1 aliphatic carbocycles. The molecule has 0 unspecified atom stereocenters. The molecule has 9 nitrogen and oxygen atoms in total. The maximum Gasteiger partial charge on any atom is 0.275 e. The van der Waals surface area contributed by atoms with Crippen LogP contribution in [-0.2, 0) is 0 Å². The number of anilines is 1. The molecule has 30 heavy (non-hydrogen) atoms. The molecule has 4 aromatic rings. The van der Waals surface area contributed by atoms with Crippen LogP contribution < -0.4 is 5.32 Å². The van der Waals surface area contributed by atoms with Crippen molar-refractivity contribution < 1.29 is 9.90 Å². The van der Waals surface area contributed by atoms with Crippen LogP contribution in [0.25, 0.3) is 22.0 Å². The van der Waals surface area contributed by atoms with Crippen LogP contribution in [0.1, 0.15) is 35.8 Å². The number of aromatic amines is 1. The Kier molecular flexibility index (Phi) is 4.85. The van der Waals surface area contributed by atoms with E-state index in [0.717, 1.165) is 23.4 Å². The zero-order chi connectivity index (χ0) is 20.5. The smallest absolute Gasteiger partial charge is 0.275 e. The number of carbonyl (C=O) groups is 1. The third-order valence-corrected chi connectivity index (χ3v) is 6.01. The number of nitrogens with one attached hydrogen (secondary N) is 2. The molecule has 0 spiro atoms. The monoisotopic (exact) mass is 421 g/mol. The lowest BCUT2D eigenvalue weighted by atomic mass is 10.2. The van der Waals surface area contributed by atoms with Crippen molar-refractivity contribution in [3.05, 3.63) is 54.1 Å². The second-order valence-electron chi connectivity index (χ2n) is 7.19. The van der Waals surface area contributed by atoms with E-state index >= 15 is 0 Å². The highest BCUT2D eigenvalue weighted by molar-refractivity contribution is 7.13. The molecule has 3 N–H and O–H groups in total. The fraction of sp³-hybridized carbons (Fsp3) is 0.250. The van der Waals surface area contributed by atoms with Crippen molar-refractivity contribution in [3.8, 4) is 22.0 Å². The number of hydrogen-bond acceptors (Lipinski definition) is 7. The van der Waals surface area contributed by atoms with Gasteiger partial charge < -0.3 is 10.4 Å². The summed E-state index contributed by atoms with van der Waals surface area (Å²) in [6.07, 6.45) is 8.84. The predicted octanol–water partition coefficient (Wildman–Crippen LogP) is 3.13. The van der Waals surface area contributed by atoms with Crippen LogP contribution >= 0.6 is 11.3 Å². The highest BCUT2D eigenvalue weighted by atomic mass is 32.1. The number of rotatable bonds is 5. The van der Waals surface area contributed by atoms with Crippen LogP contribution in [0, 0.1) is 0 Å². The van der Waals surface area contributed by atoms with Crippen molar-refractivity contribution >= 4 is 22.9 Å². The average Bonchev–Trinajstić information content (AvgIpc) is 3.54. The maximum atomic E-state index is 12.9. The van der Waals surface area contributed by atoms with Crippen LogP contribution in [0.3, 0.4) is 0 Å². The molecule has 0 saturated heterocycles. The van der Waals surface area contributed by atoms with Crippen molar-refractivity contribution in [1.82, 2.24) is 29.9 Å². The first kappa shape index (κ1) is 18.6. The van der Waals surface area contributed by atoms with E-state index in [0.29, 0.717) is 29.2 Å². The molecule has 1 amide bonds. The van der Waals surface area contributed by atoms with E-state index in [2.05, 4.69) is 30.6 Å². The highest BCUT2D eigenvalue weighted by Gasteiger charge is 2.27. The average molecular weight is 421 g/mol. The molecule has 0 aromatic carbocycles. The van der Waals surface area contributed by atoms with Crippen LogP contribution in [0.5, 0.6) is 0 Å². The molecule has 4 aromatic heterocycles.